The third-order valence-corrected chi connectivity index (χ3v) is 21.1. The molecule has 0 bridgehead atoms. The molecule has 2 saturated heterocycles. The summed E-state index contributed by atoms with van der Waals surface area (Å²) in [4.78, 5) is 13.4. The van der Waals surface area contributed by atoms with E-state index in [1.165, 1.54) is 347 Å². The van der Waals surface area contributed by atoms with Gasteiger partial charge in [-0.15, -0.1) is 0 Å². The number of hydrogen-bond donors (Lipinski definition) is 9. The minimum Gasteiger partial charge on any atom is -0.394 e. The molecule has 9 N–H and O–H groups in total. The van der Waals surface area contributed by atoms with Crippen molar-refractivity contribution in [3.05, 3.63) is 24.3 Å². The largest absolute Gasteiger partial charge is 0.394 e. The molecule has 2 heterocycles. The number of allylic oxidation sites excluding steroid dienone is 3. The summed E-state index contributed by atoms with van der Waals surface area (Å²) in [6.07, 6.45) is 72.9. The molecule has 580 valence electrons. The van der Waals surface area contributed by atoms with Crippen LogP contribution in [0.1, 0.15) is 412 Å². The summed E-state index contributed by atoms with van der Waals surface area (Å²) in [6, 6.07) is -0.931. The molecule has 2 aliphatic heterocycles. The van der Waals surface area contributed by atoms with Crippen molar-refractivity contribution >= 4 is 5.91 Å². The van der Waals surface area contributed by atoms with Crippen molar-refractivity contribution in [3.8, 4) is 0 Å². The van der Waals surface area contributed by atoms with Gasteiger partial charge >= 0.3 is 0 Å². The van der Waals surface area contributed by atoms with E-state index in [1.807, 2.05) is 6.08 Å². The Balaban J connectivity index is 1.60. The highest BCUT2D eigenvalue weighted by molar-refractivity contribution is 5.76. The second kappa shape index (κ2) is 68.6. The molecule has 0 saturated carbocycles. The number of unbranched alkanes of at least 4 members (excludes halogenated alkanes) is 58. The van der Waals surface area contributed by atoms with Gasteiger partial charge in [0, 0.05) is 6.42 Å². The van der Waals surface area contributed by atoms with Crippen LogP contribution in [-0.2, 0) is 23.7 Å². The first kappa shape index (κ1) is 92.6. The fourth-order valence-corrected chi connectivity index (χ4v) is 14.4. The molecule has 14 nitrogen and oxygen atoms in total. The zero-order chi connectivity index (χ0) is 70.8. The van der Waals surface area contributed by atoms with Crippen LogP contribution in [0.15, 0.2) is 24.3 Å². The smallest absolute Gasteiger partial charge is 0.220 e. The summed E-state index contributed by atoms with van der Waals surface area (Å²) < 4.78 is 22.9. The van der Waals surface area contributed by atoms with E-state index < -0.39 is 86.8 Å². The standard InChI is InChI=1S/C84H161NO13/c1-3-5-7-9-11-13-15-17-19-21-23-25-27-29-31-33-35-36-37-38-40-42-44-46-48-50-52-54-56-58-60-62-64-66-68-76(89)85-72(71-95-83-81(94)79(92)82(75(70-87)97-83)98-84-80(93)78(91)77(90)74(69-86)96-84)73(88)67-65-63-61-59-57-55-53-51-49-47-45-43-41-39-34-32-30-28-26-24-22-20-18-16-14-12-10-8-6-4-2/h57,59,65,67,72-75,77-84,86-88,90-94H,3-56,58,60-64,66,68-71H2,1-2H3,(H,85,89)/b59-57+,67-65+. The van der Waals surface area contributed by atoms with Gasteiger partial charge in [-0.1, -0.05) is 398 Å². The highest BCUT2D eigenvalue weighted by Gasteiger charge is 2.51. The first-order valence-electron chi connectivity index (χ1n) is 42.6. The molecule has 2 rings (SSSR count). The van der Waals surface area contributed by atoms with E-state index in [2.05, 4.69) is 31.3 Å². The first-order chi connectivity index (χ1) is 48.1. The van der Waals surface area contributed by atoms with Crippen molar-refractivity contribution in [1.82, 2.24) is 5.32 Å². The molecule has 0 radical (unpaired) electrons. The van der Waals surface area contributed by atoms with Gasteiger partial charge in [-0.3, -0.25) is 4.79 Å². The van der Waals surface area contributed by atoms with Crippen molar-refractivity contribution in [1.29, 1.82) is 0 Å². The summed E-state index contributed by atoms with van der Waals surface area (Å²) in [6.45, 7) is 2.86. The topological polar surface area (TPSA) is 228 Å². The first-order valence-corrected chi connectivity index (χ1v) is 42.6. The van der Waals surface area contributed by atoms with E-state index in [-0.39, 0.29) is 18.9 Å². The number of ether oxygens (including phenoxy) is 4. The van der Waals surface area contributed by atoms with Gasteiger partial charge in [-0.25, -0.2) is 0 Å². The Hall–Kier alpha value is -1.53. The van der Waals surface area contributed by atoms with Gasteiger partial charge in [0.15, 0.2) is 12.6 Å². The second-order valence-corrected chi connectivity index (χ2v) is 30.3. The summed E-state index contributed by atoms with van der Waals surface area (Å²) in [5, 5.41) is 87.7. The van der Waals surface area contributed by atoms with Crippen molar-refractivity contribution < 1.29 is 64.6 Å². The fraction of sp³-hybridized carbons (Fsp3) is 0.940. The maximum absolute atomic E-state index is 13.4. The number of hydrogen-bond acceptors (Lipinski definition) is 13. The Morgan fingerprint density at radius 3 is 1.00 bits per heavy atom. The van der Waals surface area contributed by atoms with E-state index in [0.29, 0.717) is 12.8 Å². The lowest BCUT2D eigenvalue weighted by atomic mass is 9.97. The maximum atomic E-state index is 13.4. The molecule has 2 aliphatic rings. The molecule has 12 unspecified atom stereocenters. The van der Waals surface area contributed by atoms with E-state index in [4.69, 9.17) is 18.9 Å². The Labute approximate surface area is 602 Å². The molecule has 98 heavy (non-hydrogen) atoms. The van der Waals surface area contributed by atoms with E-state index >= 15 is 0 Å². The number of carbonyl (C=O) groups is 1. The molecule has 0 spiro atoms. The third kappa shape index (κ3) is 50.8. The molecule has 14 heteroatoms. The van der Waals surface area contributed by atoms with E-state index in [0.717, 1.165) is 32.1 Å². The van der Waals surface area contributed by atoms with Crippen LogP contribution in [0.4, 0.5) is 0 Å². The molecule has 2 fully saturated rings. The summed E-state index contributed by atoms with van der Waals surface area (Å²) in [5.41, 5.74) is 0. The predicted octanol–water partition coefficient (Wildman–Crippen LogP) is 19.8. The monoisotopic (exact) mass is 1390 g/mol. The van der Waals surface area contributed by atoms with Crippen molar-refractivity contribution in [2.75, 3.05) is 19.8 Å². The number of aliphatic hydroxyl groups excluding tert-OH is 8. The molecular formula is C84H161NO13. The van der Waals surface area contributed by atoms with Crippen LogP contribution in [0, 0.1) is 0 Å². The van der Waals surface area contributed by atoms with Crippen molar-refractivity contribution in [2.24, 2.45) is 0 Å². The highest BCUT2D eigenvalue weighted by atomic mass is 16.7. The third-order valence-electron chi connectivity index (χ3n) is 21.1. The Kier molecular flexibility index (Phi) is 64.8. The summed E-state index contributed by atoms with van der Waals surface area (Å²) in [5.74, 6) is -0.239. The Bertz CT molecular complexity index is 1740. The van der Waals surface area contributed by atoms with E-state index in [1.54, 1.807) is 6.08 Å². The number of carbonyl (C=O) groups excluding carboxylic acids is 1. The highest BCUT2D eigenvalue weighted by Crippen LogP contribution is 2.31. The maximum Gasteiger partial charge on any atom is 0.220 e. The lowest BCUT2D eigenvalue weighted by molar-refractivity contribution is -0.359. The predicted molar refractivity (Wildman–Crippen MR) is 406 cm³/mol. The van der Waals surface area contributed by atoms with Crippen LogP contribution in [0.2, 0.25) is 0 Å². The average molecular weight is 1390 g/mol. The second-order valence-electron chi connectivity index (χ2n) is 30.3. The van der Waals surface area contributed by atoms with Gasteiger partial charge in [0.2, 0.25) is 5.91 Å². The molecule has 0 aromatic rings. The van der Waals surface area contributed by atoms with Gasteiger partial charge in [-0.2, -0.15) is 0 Å². The molecular weight excluding hydrogens is 1230 g/mol. The van der Waals surface area contributed by atoms with Crippen LogP contribution < -0.4 is 5.32 Å². The van der Waals surface area contributed by atoms with Crippen LogP contribution in [0.25, 0.3) is 0 Å². The fourth-order valence-electron chi connectivity index (χ4n) is 14.4. The van der Waals surface area contributed by atoms with Gasteiger partial charge in [0.05, 0.1) is 32.0 Å². The zero-order valence-electron chi connectivity index (χ0n) is 63.8. The summed E-state index contributed by atoms with van der Waals surface area (Å²) >= 11 is 0. The SMILES string of the molecule is CCCCCCCCCCCCCCCCCCCCCCCCCC/C=C/CC/C=C/C(O)C(COC1OC(CO)C(OC2OC(CO)C(O)C(O)C2O)C(O)C1O)NC(=O)CCCCCCCCCCCCCCCCCCCCCCCCCCCCCCCCCCCC. The van der Waals surface area contributed by atoms with Crippen molar-refractivity contribution in [3.63, 3.8) is 0 Å². The lowest BCUT2D eigenvalue weighted by Gasteiger charge is -2.46. The molecule has 0 aromatic heterocycles. The molecule has 0 aliphatic carbocycles. The minimum atomic E-state index is -1.79. The summed E-state index contributed by atoms with van der Waals surface area (Å²) in [7, 11) is 0. The number of rotatable bonds is 73. The van der Waals surface area contributed by atoms with Crippen LogP contribution in [0.5, 0.6) is 0 Å². The zero-order valence-corrected chi connectivity index (χ0v) is 63.8. The average Bonchev–Trinajstić information content (AvgIpc) is 0.812. The molecule has 1 amide bonds. The van der Waals surface area contributed by atoms with Gasteiger partial charge < -0.3 is 65.1 Å². The van der Waals surface area contributed by atoms with Crippen LogP contribution in [0.3, 0.4) is 0 Å². The number of amides is 1. The van der Waals surface area contributed by atoms with Gasteiger partial charge in [0.1, 0.15) is 48.8 Å². The Morgan fingerprint density at radius 1 is 0.357 bits per heavy atom. The number of nitrogens with one attached hydrogen (secondary N) is 1. The molecule has 0 aromatic carbocycles. The minimum absolute atomic E-state index is 0.239. The van der Waals surface area contributed by atoms with Crippen molar-refractivity contribution in [2.45, 2.75) is 485 Å². The van der Waals surface area contributed by atoms with E-state index in [9.17, 15) is 45.6 Å². The van der Waals surface area contributed by atoms with Crippen LogP contribution >= 0.6 is 0 Å². The van der Waals surface area contributed by atoms with Gasteiger partial charge in [-0.05, 0) is 32.1 Å². The Morgan fingerprint density at radius 2 is 0.653 bits per heavy atom. The quantitative estimate of drug-likeness (QED) is 0.0204. The van der Waals surface area contributed by atoms with Gasteiger partial charge in [0.25, 0.3) is 0 Å². The van der Waals surface area contributed by atoms with Crippen LogP contribution in [-0.4, -0.2) is 140 Å². The number of aliphatic hydroxyl groups is 8. The molecule has 12 atom stereocenters. The lowest BCUT2D eigenvalue weighted by Crippen LogP contribution is -2.65. The normalized spacial score (nSPS) is 22.1.